The van der Waals surface area contributed by atoms with Gasteiger partial charge in [-0.25, -0.2) is 0 Å². The number of aliphatic hydroxyl groups is 1. The maximum Gasteiger partial charge on any atom is 0.172 e. The lowest BCUT2D eigenvalue weighted by Crippen LogP contribution is -2.49. The van der Waals surface area contributed by atoms with Crippen LogP contribution in [0.15, 0.2) is 22.8 Å². The minimum Gasteiger partial charge on any atom is -0.385 e. The molecule has 1 fully saturated rings. The summed E-state index contributed by atoms with van der Waals surface area (Å²) in [6.45, 7) is 7.27. The minimum atomic E-state index is -0.865. The second-order valence-electron chi connectivity index (χ2n) is 8.91. The summed E-state index contributed by atoms with van der Waals surface area (Å²) >= 11 is 0. The summed E-state index contributed by atoms with van der Waals surface area (Å²) in [5, 5.41) is 10.7. The zero-order valence-corrected chi connectivity index (χ0v) is 16.3. The Kier molecular flexibility index (Phi) is 4.65. The lowest BCUT2D eigenvalue weighted by Gasteiger charge is -2.51. The van der Waals surface area contributed by atoms with Gasteiger partial charge in [0.15, 0.2) is 11.6 Å². The molecule has 4 aliphatic rings. The third-order valence-corrected chi connectivity index (χ3v) is 7.53. The largest absolute Gasteiger partial charge is 0.385 e. The molecule has 26 heavy (non-hydrogen) atoms. The first-order chi connectivity index (χ1) is 12.4. The number of rotatable bonds is 3. The summed E-state index contributed by atoms with van der Waals surface area (Å²) in [6, 6.07) is 0. The summed E-state index contributed by atoms with van der Waals surface area (Å²) in [5.41, 5.74) is 4.20. The maximum absolute atomic E-state index is 11.9. The molecular weight excluding hydrogens is 328 g/mol. The number of Topliss-reactive ketones (excluding diaryl/α,β-unsaturated/α-hetero) is 1. The van der Waals surface area contributed by atoms with Crippen molar-refractivity contribution >= 4 is 5.78 Å². The third-order valence-electron chi connectivity index (χ3n) is 7.53. The van der Waals surface area contributed by atoms with Crippen molar-refractivity contribution in [2.75, 3.05) is 13.2 Å². The van der Waals surface area contributed by atoms with Crippen molar-refractivity contribution in [2.45, 2.75) is 77.6 Å². The molecule has 144 valence electrons. The standard InChI is InChI=1S/C22H32O4/c1-4-19-18-6-5-15-13-22(25-11-12-26-22)10-8-16(15)17(18)7-9-21(19,3)20(24)14(2)23/h7,18-20,24H,4-6,8-13H2,1-3H3/t18?,19?,20-,21-/m0/s1. The van der Waals surface area contributed by atoms with Crippen molar-refractivity contribution in [3.05, 3.63) is 22.8 Å². The topological polar surface area (TPSA) is 55.8 Å². The second kappa shape index (κ2) is 6.57. The monoisotopic (exact) mass is 360 g/mol. The van der Waals surface area contributed by atoms with Crippen LogP contribution in [0, 0.1) is 17.3 Å². The predicted molar refractivity (Wildman–Crippen MR) is 99.5 cm³/mol. The second-order valence-corrected chi connectivity index (χ2v) is 8.91. The molecule has 1 N–H and O–H groups in total. The number of hydrogen-bond donors (Lipinski definition) is 1. The lowest BCUT2D eigenvalue weighted by atomic mass is 9.55. The Labute approximate surface area is 156 Å². The van der Waals surface area contributed by atoms with E-state index in [1.54, 1.807) is 0 Å². The number of aliphatic hydroxyl groups excluding tert-OH is 1. The Bertz CT molecular complexity index is 655. The van der Waals surface area contributed by atoms with Crippen LogP contribution in [0.5, 0.6) is 0 Å². The van der Waals surface area contributed by atoms with E-state index in [1.807, 2.05) is 0 Å². The minimum absolute atomic E-state index is 0.103. The molecule has 4 nitrogen and oxygen atoms in total. The number of allylic oxidation sites excluding steroid dienone is 3. The van der Waals surface area contributed by atoms with Gasteiger partial charge in [-0.15, -0.1) is 0 Å². The molecule has 1 heterocycles. The van der Waals surface area contributed by atoms with Crippen molar-refractivity contribution in [3.8, 4) is 0 Å². The summed E-state index contributed by atoms with van der Waals surface area (Å²) in [4.78, 5) is 11.9. The fraction of sp³-hybridized carbons (Fsp3) is 0.773. The van der Waals surface area contributed by atoms with E-state index in [0.717, 1.165) is 44.9 Å². The predicted octanol–water partition coefficient (Wildman–Crippen LogP) is 3.93. The zero-order valence-electron chi connectivity index (χ0n) is 16.3. The molecule has 4 rings (SSSR count). The van der Waals surface area contributed by atoms with Gasteiger partial charge in [-0.3, -0.25) is 4.79 Å². The van der Waals surface area contributed by atoms with Gasteiger partial charge in [-0.1, -0.05) is 31.9 Å². The van der Waals surface area contributed by atoms with Crippen LogP contribution in [-0.2, 0) is 14.3 Å². The van der Waals surface area contributed by atoms with E-state index in [0.29, 0.717) is 25.0 Å². The van der Waals surface area contributed by atoms with E-state index in [1.165, 1.54) is 23.6 Å². The first-order valence-electron chi connectivity index (χ1n) is 10.3. The van der Waals surface area contributed by atoms with Crippen molar-refractivity contribution in [3.63, 3.8) is 0 Å². The molecule has 0 aromatic heterocycles. The van der Waals surface area contributed by atoms with Gasteiger partial charge in [0.1, 0.15) is 6.10 Å². The molecule has 0 radical (unpaired) electrons. The number of carbonyl (C=O) groups excluding carboxylic acids is 1. The summed E-state index contributed by atoms with van der Waals surface area (Å²) in [5.74, 6) is 0.356. The van der Waals surface area contributed by atoms with Gasteiger partial charge in [0, 0.05) is 18.3 Å². The van der Waals surface area contributed by atoms with Gasteiger partial charge in [-0.2, -0.15) is 0 Å². The van der Waals surface area contributed by atoms with E-state index < -0.39 is 6.10 Å². The highest BCUT2D eigenvalue weighted by Gasteiger charge is 2.51. The van der Waals surface area contributed by atoms with Gasteiger partial charge in [0.25, 0.3) is 0 Å². The Hall–Kier alpha value is -0.970. The molecule has 4 heteroatoms. The molecule has 2 unspecified atom stereocenters. The van der Waals surface area contributed by atoms with E-state index in [2.05, 4.69) is 19.9 Å². The van der Waals surface area contributed by atoms with E-state index in [4.69, 9.17) is 9.47 Å². The van der Waals surface area contributed by atoms with Crippen molar-refractivity contribution in [2.24, 2.45) is 17.3 Å². The number of ketones is 1. The Morgan fingerprint density at radius 3 is 2.73 bits per heavy atom. The van der Waals surface area contributed by atoms with Crippen molar-refractivity contribution < 1.29 is 19.4 Å². The van der Waals surface area contributed by atoms with Crippen LogP contribution in [0.25, 0.3) is 0 Å². The van der Waals surface area contributed by atoms with Gasteiger partial charge < -0.3 is 14.6 Å². The van der Waals surface area contributed by atoms with Gasteiger partial charge in [0.05, 0.1) is 13.2 Å². The SMILES string of the molecule is CCC1C2CCC3=C(CCC4(C3)OCCO4)C2=CC[C@]1(C)[C@@H](O)C(C)=O. The van der Waals surface area contributed by atoms with Crippen LogP contribution in [-0.4, -0.2) is 36.0 Å². The Morgan fingerprint density at radius 1 is 1.35 bits per heavy atom. The molecule has 0 amide bonds. The van der Waals surface area contributed by atoms with Crippen LogP contribution in [0.4, 0.5) is 0 Å². The van der Waals surface area contributed by atoms with E-state index in [-0.39, 0.29) is 17.0 Å². The lowest BCUT2D eigenvalue weighted by molar-refractivity contribution is -0.164. The highest BCUT2D eigenvalue weighted by molar-refractivity contribution is 5.81. The van der Waals surface area contributed by atoms with Crippen LogP contribution in [0.2, 0.25) is 0 Å². The molecule has 0 saturated carbocycles. The molecular formula is C22H32O4. The van der Waals surface area contributed by atoms with Crippen molar-refractivity contribution in [1.29, 1.82) is 0 Å². The fourth-order valence-corrected chi connectivity index (χ4v) is 6.22. The smallest absolute Gasteiger partial charge is 0.172 e. The first kappa shape index (κ1) is 18.4. The van der Waals surface area contributed by atoms with E-state index in [9.17, 15) is 9.90 Å². The molecule has 0 aromatic rings. The summed E-state index contributed by atoms with van der Waals surface area (Å²) < 4.78 is 11.9. The number of hydrogen-bond acceptors (Lipinski definition) is 4. The number of carbonyl (C=O) groups is 1. The molecule has 1 aliphatic heterocycles. The highest BCUT2D eigenvalue weighted by atomic mass is 16.7. The number of fused-ring (bicyclic) bond motifs is 2. The van der Waals surface area contributed by atoms with Gasteiger partial charge in [0.2, 0.25) is 0 Å². The molecule has 0 aromatic carbocycles. The molecule has 4 atom stereocenters. The third kappa shape index (κ3) is 2.73. The average Bonchev–Trinajstić information content (AvgIpc) is 3.08. The zero-order chi connectivity index (χ0) is 18.5. The number of ether oxygens (including phenoxy) is 2. The summed E-state index contributed by atoms with van der Waals surface area (Å²) in [6.07, 6.45) is 8.35. The first-order valence-corrected chi connectivity index (χ1v) is 10.3. The van der Waals surface area contributed by atoms with E-state index >= 15 is 0 Å². The van der Waals surface area contributed by atoms with Crippen LogP contribution in [0.3, 0.4) is 0 Å². The van der Waals surface area contributed by atoms with Gasteiger partial charge in [-0.05, 0) is 55.6 Å². The molecule has 0 bridgehead atoms. The Morgan fingerprint density at radius 2 is 2.08 bits per heavy atom. The molecule has 1 saturated heterocycles. The van der Waals surface area contributed by atoms with Crippen molar-refractivity contribution in [1.82, 2.24) is 0 Å². The van der Waals surface area contributed by atoms with Gasteiger partial charge >= 0.3 is 0 Å². The highest BCUT2D eigenvalue weighted by Crippen LogP contribution is 2.56. The van der Waals surface area contributed by atoms with Crippen LogP contribution in [0.1, 0.15) is 65.7 Å². The van der Waals surface area contributed by atoms with Crippen LogP contribution < -0.4 is 0 Å². The molecule has 1 spiro atoms. The maximum atomic E-state index is 11.9. The Balaban J connectivity index is 1.66. The average molecular weight is 360 g/mol. The summed E-state index contributed by atoms with van der Waals surface area (Å²) in [7, 11) is 0. The molecule has 3 aliphatic carbocycles. The fourth-order valence-electron chi connectivity index (χ4n) is 6.22. The normalized spacial score (nSPS) is 37.2. The van der Waals surface area contributed by atoms with Crippen LogP contribution >= 0.6 is 0 Å². The quantitative estimate of drug-likeness (QED) is 0.828.